The summed E-state index contributed by atoms with van der Waals surface area (Å²) in [5.74, 6) is 0.121. The van der Waals surface area contributed by atoms with Crippen LogP contribution in [0.4, 0.5) is 5.69 Å². The third-order valence-electron chi connectivity index (χ3n) is 10.1. The van der Waals surface area contributed by atoms with Crippen LogP contribution in [-0.2, 0) is 20.8 Å². The number of azo groups is 1. The van der Waals surface area contributed by atoms with Crippen molar-refractivity contribution < 1.29 is 19.2 Å². The molecular formula is C39H45N7O4. The summed E-state index contributed by atoms with van der Waals surface area (Å²) in [5.41, 5.74) is 11.7. The Morgan fingerprint density at radius 3 is 2.36 bits per heavy atom. The summed E-state index contributed by atoms with van der Waals surface area (Å²) in [6, 6.07) is 20.7. The van der Waals surface area contributed by atoms with Crippen LogP contribution < -0.4 is 21.7 Å². The van der Waals surface area contributed by atoms with Crippen LogP contribution in [-0.4, -0.2) is 55.1 Å². The molecule has 0 aromatic heterocycles. The molecule has 50 heavy (non-hydrogen) atoms. The van der Waals surface area contributed by atoms with E-state index in [4.69, 9.17) is 5.73 Å². The molecule has 2 heterocycles. The number of piperidine rings is 1. The summed E-state index contributed by atoms with van der Waals surface area (Å²) >= 11 is 0. The SMILES string of the molecule is Cc1ccc(C(=O)NC2CCNC(=O)C2)cc1-c1ccc(C[C@H](CC(=O)C2CCC(CN)CC2)C(=O)Nc2ccc(C3=NCN=N3)cc2)cc1. The van der Waals surface area contributed by atoms with Crippen molar-refractivity contribution in [3.63, 3.8) is 0 Å². The first-order valence-corrected chi connectivity index (χ1v) is 17.6. The molecule has 11 heteroatoms. The van der Waals surface area contributed by atoms with E-state index in [2.05, 4.69) is 31.2 Å². The third-order valence-corrected chi connectivity index (χ3v) is 10.1. The highest BCUT2D eigenvalue weighted by Gasteiger charge is 2.30. The van der Waals surface area contributed by atoms with Crippen molar-refractivity contribution >= 4 is 35.0 Å². The predicted molar refractivity (Wildman–Crippen MR) is 193 cm³/mol. The van der Waals surface area contributed by atoms with Gasteiger partial charge < -0.3 is 21.7 Å². The van der Waals surface area contributed by atoms with E-state index in [1.54, 1.807) is 6.07 Å². The molecule has 0 bridgehead atoms. The van der Waals surface area contributed by atoms with Crippen LogP contribution in [0.1, 0.15) is 72.0 Å². The fourth-order valence-electron chi connectivity index (χ4n) is 7.07. The highest BCUT2D eigenvalue weighted by Crippen LogP contribution is 2.32. The van der Waals surface area contributed by atoms with Crippen molar-refractivity contribution in [2.24, 2.45) is 38.7 Å². The molecule has 1 aliphatic carbocycles. The molecule has 3 aromatic rings. The number of aliphatic imine (C=N–C) groups is 1. The average Bonchev–Trinajstić information content (AvgIpc) is 3.68. The summed E-state index contributed by atoms with van der Waals surface area (Å²) in [7, 11) is 0. The van der Waals surface area contributed by atoms with Gasteiger partial charge >= 0.3 is 0 Å². The number of carbonyl (C=O) groups excluding carboxylic acids is 4. The number of amidine groups is 1. The quantitative estimate of drug-likeness (QED) is 0.202. The minimum absolute atomic E-state index is 0.0427. The standard InChI is InChI=1S/C39H45N7O4/c1-24-2-7-30(38(49)45-33-16-17-41-36(48)21-33)19-34(24)27-8-3-25(4-9-27)18-31(20-35(47)28-10-5-26(22-40)6-11-28)39(50)44-32-14-12-29(13-15-32)37-42-23-43-46-37/h2-4,7-9,12-15,19,26,28,31,33H,5-6,10-11,16-18,20-23,40H2,1H3,(H,41,48)(H,44,50)(H,45,49)/t26?,28?,31-,33?/m1/s1. The second kappa shape index (κ2) is 16.1. The lowest BCUT2D eigenvalue weighted by Gasteiger charge is -2.27. The number of hydrogen-bond acceptors (Lipinski definition) is 8. The van der Waals surface area contributed by atoms with Gasteiger partial charge in [0, 0.05) is 54.1 Å². The van der Waals surface area contributed by atoms with Crippen molar-refractivity contribution in [2.45, 2.75) is 64.3 Å². The molecular weight excluding hydrogens is 630 g/mol. The Kier molecular flexibility index (Phi) is 11.2. The summed E-state index contributed by atoms with van der Waals surface area (Å²) < 4.78 is 0. The molecule has 260 valence electrons. The molecule has 11 nitrogen and oxygen atoms in total. The van der Waals surface area contributed by atoms with Crippen LogP contribution in [0.5, 0.6) is 0 Å². The minimum atomic E-state index is -0.552. The van der Waals surface area contributed by atoms with E-state index >= 15 is 0 Å². The maximum Gasteiger partial charge on any atom is 0.251 e. The number of anilines is 1. The number of Topliss-reactive ketones (excluding diaryl/α,β-unsaturated/α-hetero) is 1. The second-order valence-electron chi connectivity index (χ2n) is 13.7. The van der Waals surface area contributed by atoms with Gasteiger partial charge in [-0.15, -0.1) is 5.11 Å². The lowest BCUT2D eigenvalue weighted by atomic mass is 9.77. The van der Waals surface area contributed by atoms with E-state index < -0.39 is 5.92 Å². The minimum Gasteiger partial charge on any atom is -0.356 e. The zero-order valence-corrected chi connectivity index (χ0v) is 28.5. The Bertz CT molecular complexity index is 1780. The predicted octanol–water partition coefficient (Wildman–Crippen LogP) is 5.36. The number of aryl methyl sites for hydroxylation is 1. The molecule has 1 saturated heterocycles. The molecule has 3 aliphatic rings. The summed E-state index contributed by atoms with van der Waals surface area (Å²) in [6.45, 7) is 3.53. The normalized spacial score (nSPS) is 20.8. The number of nitrogens with one attached hydrogen (secondary N) is 3. The van der Waals surface area contributed by atoms with Gasteiger partial charge in [-0.05, 0) is 117 Å². The number of amides is 3. The van der Waals surface area contributed by atoms with E-state index in [1.807, 2.05) is 67.6 Å². The Morgan fingerprint density at radius 2 is 1.68 bits per heavy atom. The van der Waals surface area contributed by atoms with Gasteiger partial charge in [0.2, 0.25) is 11.8 Å². The molecule has 5 N–H and O–H groups in total. The van der Waals surface area contributed by atoms with Gasteiger partial charge in [-0.25, -0.2) is 4.99 Å². The first-order valence-electron chi connectivity index (χ1n) is 17.6. The lowest BCUT2D eigenvalue weighted by molar-refractivity contribution is -0.129. The van der Waals surface area contributed by atoms with Crippen LogP contribution in [0.3, 0.4) is 0 Å². The van der Waals surface area contributed by atoms with Crippen LogP contribution in [0.15, 0.2) is 82.0 Å². The molecule has 3 aromatic carbocycles. The van der Waals surface area contributed by atoms with Gasteiger partial charge in [0.25, 0.3) is 5.91 Å². The van der Waals surface area contributed by atoms with Gasteiger partial charge in [-0.3, -0.25) is 19.2 Å². The fourth-order valence-corrected chi connectivity index (χ4v) is 7.07. The van der Waals surface area contributed by atoms with E-state index in [0.29, 0.717) is 55.6 Å². The molecule has 1 saturated carbocycles. The number of carbonyl (C=O) groups is 4. The Balaban J connectivity index is 1.16. The fraction of sp³-hybridized carbons (Fsp3) is 0.410. The number of ketones is 1. The van der Waals surface area contributed by atoms with Crippen LogP contribution in [0.25, 0.3) is 11.1 Å². The largest absolute Gasteiger partial charge is 0.356 e. The van der Waals surface area contributed by atoms with E-state index in [9.17, 15) is 19.2 Å². The van der Waals surface area contributed by atoms with Crippen molar-refractivity contribution in [3.05, 3.63) is 89.0 Å². The topological polar surface area (TPSA) is 167 Å². The Labute approximate surface area is 292 Å². The van der Waals surface area contributed by atoms with Crippen LogP contribution >= 0.6 is 0 Å². The molecule has 0 spiro atoms. The van der Waals surface area contributed by atoms with Crippen molar-refractivity contribution in [3.8, 4) is 11.1 Å². The maximum absolute atomic E-state index is 13.8. The number of rotatable bonds is 12. The summed E-state index contributed by atoms with van der Waals surface area (Å²) in [4.78, 5) is 56.4. The zero-order valence-electron chi connectivity index (χ0n) is 28.5. The number of nitrogens with zero attached hydrogens (tertiary/aromatic N) is 3. The molecule has 3 amide bonds. The highest BCUT2D eigenvalue weighted by molar-refractivity contribution is 6.01. The van der Waals surface area contributed by atoms with Crippen LogP contribution in [0.2, 0.25) is 0 Å². The van der Waals surface area contributed by atoms with Gasteiger partial charge in [-0.2, -0.15) is 5.11 Å². The molecule has 1 unspecified atom stereocenters. The molecule has 0 radical (unpaired) electrons. The molecule has 2 atom stereocenters. The summed E-state index contributed by atoms with van der Waals surface area (Å²) in [5, 5.41) is 16.8. The second-order valence-corrected chi connectivity index (χ2v) is 13.7. The molecule has 2 aliphatic heterocycles. The first-order chi connectivity index (χ1) is 24.2. The third kappa shape index (κ3) is 8.76. The van der Waals surface area contributed by atoms with Crippen LogP contribution in [0, 0.1) is 24.7 Å². The number of hydrogen-bond donors (Lipinski definition) is 4. The molecule has 2 fully saturated rings. The van der Waals surface area contributed by atoms with E-state index in [1.165, 1.54) is 0 Å². The monoisotopic (exact) mass is 675 g/mol. The highest BCUT2D eigenvalue weighted by atomic mass is 16.2. The van der Waals surface area contributed by atoms with Gasteiger partial charge in [0.05, 0.1) is 0 Å². The Hall–Kier alpha value is -5.03. The number of nitrogens with two attached hydrogens (primary N) is 1. The molecule has 6 rings (SSSR count). The Morgan fingerprint density at radius 1 is 0.940 bits per heavy atom. The van der Waals surface area contributed by atoms with Gasteiger partial charge in [0.1, 0.15) is 5.78 Å². The van der Waals surface area contributed by atoms with Gasteiger partial charge in [-0.1, -0.05) is 30.3 Å². The smallest absolute Gasteiger partial charge is 0.251 e. The van der Waals surface area contributed by atoms with Crippen molar-refractivity contribution in [1.29, 1.82) is 0 Å². The van der Waals surface area contributed by atoms with Gasteiger partial charge in [0.15, 0.2) is 12.5 Å². The first kappa shape index (κ1) is 34.8. The van der Waals surface area contributed by atoms with Crippen molar-refractivity contribution in [1.82, 2.24) is 10.6 Å². The van der Waals surface area contributed by atoms with Crippen molar-refractivity contribution in [2.75, 3.05) is 25.1 Å². The summed E-state index contributed by atoms with van der Waals surface area (Å²) in [6.07, 6.45) is 5.08. The van der Waals surface area contributed by atoms with E-state index in [-0.39, 0.29) is 48.3 Å². The average molecular weight is 676 g/mol. The maximum atomic E-state index is 13.8. The lowest BCUT2D eigenvalue weighted by Crippen LogP contribution is -2.45. The zero-order chi connectivity index (χ0) is 35.0. The number of benzene rings is 3. The van der Waals surface area contributed by atoms with E-state index in [0.717, 1.165) is 53.5 Å².